The average Bonchev–Trinajstić information content (AvgIpc) is 2.17. The molecule has 0 saturated heterocycles. The van der Waals surface area contributed by atoms with Gasteiger partial charge in [-0.05, 0) is 36.2 Å². The predicted molar refractivity (Wildman–Crippen MR) is 62.3 cm³/mol. The molecule has 0 aliphatic heterocycles. The van der Waals surface area contributed by atoms with Gasteiger partial charge in [0.25, 0.3) is 0 Å². The van der Waals surface area contributed by atoms with Crippen molar-refractivity contribution in [3.8, 4) is 0 Å². The van der Waals surface area contributed by atoms with Crippen LogP contribution in [0.1, 0.15) is 12.0 Å². The Morgan fingerprint density at radius 3 is 2.27 bits per heavy atom. The molecule has 0 aliphatic carbocycles. The summed E-state index contributed by atoms with van der Waals surface area (Å²) in [6, 6.07) is 6.70. The summed E-state index contributed by atoms with van der Waals surface area (Å²) in [5, 5.41) is 0. The van der Waals surface area contributed by atoms with Crippen molar-refractivity contribution in [1.82, 2.24) is 0 Å². The highest BCUT2D eigenvalue weighted by Gasteiger charge is 2.06. The minimum atomic E-state index is -3.11. The lowest BCUT2D eigenvalue weighted by Crippen LogP contribution is -2.00. The van der Waals surface area contributed by atoms with Gasteiger partial charge in [0, 0.05) is 6.26 Å². The number of hydrogen-bond acceptors (Lipinski definition) is 3. The van der Waals surface area contributed by atoms with Crippen LogP contribution in [-0.2, 0) is 9.84 Å². The highest BCUT2D eigenvalue weighted by atomic mass is 32.2. The van der Waals surface area contributed by atoms with E-state index < -0.39 is 9.84 Å². The Labute approximate surface area is 90.5 Å². The second-order valence-electron chi connectivity index (χ2n) is 3.44. The van der Waals surface area contributed by atoms with E-state index in [0.717, 1.165) is 17.6 Å². The minimum absolute atomic E-state index is 0.326. The average molecular weight is 225 g/mol. The predicted octanol–water partition coefficient (Wildman–Crippen LogP) is 1.45. The van der Waals surface area contributed by atoms with E-state index in [1.807, 2.05) is 0 Å². The quantitative estimate of drug-likeness (QED) is 0.843. The van der Waals surface area contributed by atoms with Crippen molar-refractivity contribution in [2.24, 2.45) is 5.73 Å². The van der Waals surface area contributed by atoms with Gasteiger partial charge in [-0.2, -0.15) is 0 Å². The first-order valence-corrected chi connectivity index (χ1v) is 6.52. The lowest BCUT2D eigenvalue weighted by molar-refractivity contribution is 0.602. The summed E-state index contributed by atoms with van der Waals surface area (Å²) in [6.07, 6.45) is 1.91. The fourth-order valence-corrected chi connectivity index (χ4v) is 1.89. The van der Waals surface area contributed by atoms with Crippen LogP contribution in [0, 0.1) is 0 Å². The summed E-state index contributed by atoms with van der Waals surface area (Å²) in [4.78, 5) is 0.326. The van der Waals surface area contributed by atoms with Gasteiger partial charge in [-0.3, -0.25) is 0 Å². The Kier molecular flexibility index (Phi) is 3.66. The Morgan fingerprint density at radius 2 is 1.87 bits per heavy atom. The zero-order chi connectivity index (χ0) is 11.5. The molecule has 15 heavy (non-hydrogen) atoms. The van der Waals surface area contributed by atoms with Crippen LogP contribution in [0.15, 0.2) is 35.7 Å². The molecular formula is C11H15NO2S. The van der Waals surface area contributed by atoms with E-state index in [1.165, 1.54) is 6.26 Å². The molecule has 1 aromatic rings. The molecule has 0 amide bonds. The van der Waals surface area contributed by atoms with Crippen molar-refractivity contribution in [3.05, 3.63) is 36.4 Å². The number of hydrogen-bond donors (Lipinski definition) is 1. The van der Waals surface area contributed by atoms with Crippen LogP contribution < -0.4 is 5.73 Å². The molecule has 0 atom stereocenters. The molecule has 0 heterocycles. The summed E-state index contributed by atoms with van der Waals surface area (Å²) in [5.74, 6) is 0. The van der Waals surface area contributed by atoms with Crippen LogP contribution in [0.25, 0.3) is 5.57 Å². The number of nitrogens with two attached hydrogens (primary N) is 1. The molecule has 0 saturated carbocycles. The van der Waals surface area contributed by atoms with Gasteiger partial charge in [0.2, 0.25) is 0 Å². The molecule has 0 unspecified atom stereocenters. The molecule has 1 rings (SSSR count). The molecule has 0 spiro atoms. The van der Waals surface area contributed by atoms with Crippen molar-refractivity contribution in [3.63, 3.8) is 0 Å². The Bertz CT molecular complexity index is 446. The molecule has 0 bridgehead atoms. The number of sulfone groups is 1. The zero-order valence-corrected chi connectivity index (χ0v) is 9.55. The van der Waals surface area contributed by atoms with Crippen molar-refractivity contribution in [2.75, 3.05) is 12.8 Å². The van der Waals surface area contributed by atoms with E-state index in [-0.39, 0.29) is 0 Å². The number of rotatable bonds is 4. The van der Waals surface area contributed by atoms with Crippen LogP contribution in [0.4, 0.5) is 0 Å². The summed E-state index contributed by atoms with van der Waals surface area (Å²) in [6.45, 7) is 4.43. The largest absolute Gasteiger partial charge is 0.330 e. The van der Waals surface area contributed by atoms with Gasteiger partial charge < -0.3 is 5.73 Å². The van der Waals surface area contributed by atoms with Crippen LogP contribution in [0.2, 0.25) is 0 Å². The van der Waals surface area contributed by atoms with Crippen molar-refractivity contribution < 1.29 is 8.42 Å². The maximum absolute atomic E-state index is 11.2. The first-order chi connectivity index (χ1) is 6.95. The third-order valence-electron chi connectivity index (χ3n) is 2.14. The lowest BCUT2D eigenvalue weighted by Gasteiger charge is -2.05. The van der Waals surface area contributed by atoms with Gasteiger partial charge in [-0.15, -0.1) is 0 Å². The standard InChI is InChI=1S/C11H15NO2S/c1-9(7-8-12)10-3-5-11(6-4-10)15(2,13)14/h3-6H,1,7-8,12H2,2H3. The van der Waals surface area contributed by atoms with Crippen molar-refractivity contribution >= 4 is 15.4 Å². The minimum Gasteiger partial charge on any atom is -0.330 e. The third kappa shape index (κ3) is 3.18. The topological polar surface area (TPSA) is 60.2 Å². The lowest BCUT2D eigenvalue weighted by atomic mass is 10.1. The van der Waals surface area contributed by atoms with E-state index in [0.29, 0.717) is 11.4 Å². The zero-order valence-electron chi connectivity index (χ0n) is 8.73. The van der Waals surface area contributed by atoms with Crippen LogP contribution in [0.5, 0.6) is 0 Å². The molecule has 0 radical (unpaired) electrons. The Balaban J connectivity index is 2.96. The summed E-state index contributed by atoms with van der Waals surface area (Å²) in [5.41, 5.74) is 7.28. The van der Waals surface area contributed by atoms with E-state index in [1.54, 1.807) is 24.3 Å². The Morgan fingerprint density at radius 1 is 1.33 bits per heavy atom. The van der Waals surface area contributed by atoms with Gasteiger partial charge in [-0.1, -0.05) is 18.7 Å². The van der Waals surface area contributed by atoms with Gasteiger partial charge in [0.1, 0.15) is 0 Å². The molecule has 0 aliphatic rings. The van der Waals surface area contributed by atoms with Crippen molar-refractivity contribution in [1.29, 1.82) is 0 Å². The monoisotopic (exact) mass is 225 g/mol. The first-order valence-electron chi connectivity index (χ1n) is 4.63. The maximum atomic E-state index is 11.2. The fraction of sp³-hybridized carbons (Fsp3) is 0.273. The Hall–Kier alpha value is -1.13. The smallest absolute Gasteiger partial charge is 0.175 e. The molecule has 1 aromatic carbocycles. The number of benzene rings is 1. The van der Waals surface area contributed by atoms with Crippen molar-refractivity contribution in [2.45, 2.75) is 11.3 Å². The highest BCUT2D eigenvalue weighted by Crippen LogP contribution is 2.17. The van der Waals surface area contributed by atoms with Gasteiger partial charge >= 0.3 is 0 Å². The van der Waals surface area contributed by atoms with E-state index in [2.05, 4.69) is 6.58 Å². The SMILES string of the molecule is C=C(CCN)c1ccc(S(C)(=O)=O)cc1. The van der Waals surface area contributed by atoms with E-state index in [9.17, 15) is 8.42 Å². The normalized spacial score (nSPS) is 11.3. The summed E-state index contributed by atoms with van der Waals surface area (Å²) >= 11 is 0. The fourth-order valence-electron chi connectivity index (χ4n) is 1.26. The van der Waals surface area contributed by atoms with E-state index in [4.69, 9.17) is 5.73 Å². The van der Waals surface area contributed by atoms with Gasteiger partial charge in [-0.25, -0.2) is 8.42 Å². The molecule has 0 aromatic heterocycles. The maximum Gasteiger partial charge on any atom is 0.175 e. The molecule has 4 heteroatoms. The highest BCUT2D eigenvalue weighted by molar-refractivity contribution is 7.90. The van der Waals surface area contributed by atoms with Crippen LogP contribution >= 0.6 is 0 Å². The van der Waals surface area contributed by atoms with Gasteiger partial charge in [0.15, 0.2) is 9.84 Å². The first kappa shape index (κ1) is 11.9. The third-order valence-corrected chi connectivity index (χ3v) is 3.27. The van der Waals surface area contributed by atoms with Crippen LogP contribution in [-0.4, -0.2) is 21.2 Å². The van der Waals surface area contributed by atoms with E-state index >= 15 is 0 Å². The molecular weight excluding hydrogens is 210 g/mol. The molecule has 2 N–H and O–H groups in total. The summed E-state index contributed by atoms with van der Waals surface area (Å²) in [7, 11) is -3.11. The van der Waals surface area contributed by atoms with Crippen LogP contribution in [0.3, 0.4) is 0 Å². The second kappa shape index (κ2) is 4.59. The second-order valence-corrected chi connectivity index (χ2v) is 5.45. The molecule has 3 nitrogen and oxygen atoms in total. The van der Waals surface area contributed by atoms with Gasteiger partial charge in [0.05, 0.1) is 4.90 Å². The summed E-state index contributed by atoms with van der Waals surface area (Å²) < 4.78 is 22.4. The molecule has 82 valence electrons. The molecule has 0 fully saturated rings.